The molecule has 0 saturated carbocycles. The molecule has 5 heteroatoms. The van der Waals surface area contributed by atoms with Gasteiger partial charge in [-0.2, -0.15) is 0 Å². The Morgan fingerprint density at radius 2 is 2.39 bits per heavy atom. The van der Waals surface area contributed by atoms with E-state index in [0.717, 1.165) is 38.4 Å². The lowest BCUT2D eigenvalue weighted by atomic mass is 9.91. The van der Waals surface area contributed by atoms with E-state index in [-0.39, 0.29) is 0 Å². The summed E-state index contributed by atoms with van der Waals surface area (Å²) in [5.41, 5.74) is 6.15. The summed E-state index contributed by atoms with van der Waals surface area (Å²) in [6.07, 6.45) is 6.07. The second-order valence-electron chi connectivity index (χ2n) is 4.98. The van der Waals surface area contributed by atoms with Crippen LogP contribution < -0.4 is 10.6 Å². The molecule has 1 aliphatic heterocycles. The van der Waals surface area contributed by atoms with E-state index >= 15 is 0 Å². The third-order valence-electron chi connectivity index (χ3n) is 3.83. The predicted molar refractivity (Wildman–Crippen MR) is 72.7 cm³/mol. The number of nitrogens with zero attached hydrogens (tertiary/aromatic N) is 3. The van der Waals surface area contributed by atoms with Crippen LogP contribution in [-0.4, -0.2) is 42.4 Å². The molecular formula is C13H24N4O. The number of rotatable bonds is 5. The minimum atomic E-state index is 0.341. The molecule has 2 atom stereocenters. The second-order valence-corrected chi connectivity index (χ2v) is 4.98. The van der Waals surface area contributed by atoms with Gasteiger partial charge in [0.2, 0.25) is 5.95 Å². The Bertz CT molecular complexity index is 366. The lowest BCUT2D eigenvalue weighted by molar-refractivity contribution is 0.187. The van der Waals surface area contributed by atoms with Gasteiger partial charge in [-0.3, -0.25) is 0 Å². The van der Waals surface area contributed by atoms with Crippen LogP contribution in [0.5, 0.6) is 0 Å². The Hall–Kier alpha value is -1.07. The highest BCUT2D eigenvalue weighted by Gasteiger charge is 2.27. The maximum Gasteiger partial charge on any atom is 0.205 e. The smallest absolute Gasteiger partial charge is 0.205 e. The number of hydrogen-bond donors (Lipinski definition) is 1. The first-order chi connectivity index (χ1) is 8.76. The zero-order valence-corrected chi connectivity index (χ0v) is 11.4. The van der Waals surface area contributed by atoms with Gasteiger partial charge in [-0.25, -0.2) is 4.98 Å². The van der Waals surface area contributed by atoms with E-state index in [4.69, 9.17) is 10.5 Å². The summed E-state index contributed by atoms with van der Waals surface area (Å²) < 4.78 is 7.29. The van der Waals surface area contributed by atoms with Crippen molar-refractivity contribution in [2.24, 2.45) is 11.7 Å². The third kappa shape index (κ3) is 2.84. The van der Waals surface area contributed by atoms with Gasteiger partial charge in [-0.15, -0.1) is 0 Å². The fourth-order valence-electron chi connectivity index (χ4n) is 2.61. The number of piperidine rings is 1. The molecule has 1 fully saturated rings. The number of aromatic nitrogens is 2. The average molecular weight is 252 g/mol. The van der Waals surface area contributed by atoms with Crippen molar-refractivity contribution >= 4 is 5.95 Å². The van der Waals surface area contributed by atoms with Crippen molar-refractivity contribution in [3.63, 3.8) is 0 Å². The van der Waals surface area contributed by atoms with Gasteiger partial charge < -0.3 is 19.9 Å². The van der Waals surface area contributed by atoms with Gasteiger partial charge in [0.15, 0.2) is 0 Å². The zero-order chi connectivity index (χ0) is 13.0. The largest absolute Gasteiger partial charge is 0.383 e. The molecule has 1 aromatic heterocycles. The molecule has 1 saturated heterocycles. The molecule has 0 amide bonds. The minimum absolute atomic E-state index is 0.341. The maximum atomic E-state index is 6.15. The number of ether oxygens (including phenoxy) is 1. The molecule has 2 unspecified atom stereocenters. The topological polar surface area (TPSA) is 56.3 Å². The normalized spacial score (nSPS) is 24.5. The first kappa shape index (κ1) is 13.4. The van der Waals surface area contributed by atoms with Crippen molar-refractivity contribution in [2.45, 2.75) is 32.4 Å². The number of nitrogens with two attached hydrogens (primary N) is 1. The lowest BCUT2D eigenvalue weighted by Gasteiger charge is -2.37. The first-order valence-electron chi connectivity index (χ1n) is 6.76. The van der Waals surface area contributed by atoms with Crippen LogP contribution in [0.4, 0.5) is 5.95 Å². The van der Waals surface area contributed by atoms with E-state index in [1.807, 2.05) is 12.4 Å². The molecular weight excluding hydrogens is 228 g/mol. The molecule has 2 rings (SSSR count). The van der Waals surface area contributed by atoms with Crippen molar-refractivity contribution in [3.05, 3.63) is 12.4 Å². The summed E-state index contributed by atoms with van der Waals surface area (Å²) in [6, 6.07) is 0.341. The van der Waals surface area contributed by atoms with Crippen molar-refractivity contribution in [1.82, 2.24) is 9.55 Å². The molecule has 1 aromatic rings. The molecule has 0 aromatic carbocycles. The van der Waals surface area contributed by atoms with Gasteiger partial charge in [0.05, 0.1) is 6.61 Å². The Morgan fingerprint density at radius 3 is 3.11 bits per heavy atom. The van der Waals surface area contributed by atoms with Crippen molar-refractivity contribution in [2.75, 3.05) is 31.7 Å². The maximum absolute atomic E-state index is 6.15. The average Bonchev–Trinajstić information content (AvgIpc) is 2.85. The fraction of sp³-hybridized carbons (Fsp3) is 0.769. The number of anilines is 1. The van der Waals surface area contributed by atoms with Crippen LogP contribution in [-0.2, 0) is 11.3 Å². The highest BCUT2D eigenvalue weighted by atomic mass is 16.5. The molecule has 2 N–H and O–H groups in total. The highest BCUT2D eigenvalue weighted by molar-refractivity contribution is 5.32. The monoisotopic (exact) mass is 252 g/mol. The van der Waals surface area contributed by atoms with Crippen molar-refractivity contribution in [1.29, 1.82) is 0 Å². The summed E-state index contributed by atoms with van der Waals surface area (Å²) in [5.74, 6) is 1.63. The molecule has 0 radical (unpaired) electrons. The number of hydrogen-bond acceptors (Lipinski definition) is 4. The van der Waals surface area contributed by atoms with E-state index in [1.165, 1.54) is 0 Å². The Balaban J connectivity index is 2.04. The Kier molecular flexibility index (Phi) is 4.60. The highest BCUT2D eigenvalue weighted by Crippen LogP contribution is 2.23. The Labute approximate surface area is 109 Å². The van der Waals surface area contributed by atoms with E-state index in [1.54, 1.807) is 7.11 Å². The standard InChI is InChI=1S/C13H24N4O/c1-3-11-10-17(6-4-12(11)14)13-15-5-7-16(13)8-9-18-2/h5,7,11-12H,3-4,6,8-10,14H2,1-2H3. The van der Waals surface area contributed by atoms with E-state index in [0.29, 0.717) is 18.6 Å². The quantitative estimate of drug-likeness (QED) is 0.852. The summed E-state index contributed by atoms with van der Waals surface area (Å²) in [4.78, 5) is 6.83. The number of methoxy groups -OCH3 is 1. The number of imidazole rings is 1. The lowest BCUT2D eigenvalue weighted by Crippen LogP contribution is -2.47. The second kappa shape index (κ2) is 6.20. The SMILES string of the molecule is CCC1CN(c2nccn2CCOC)CCC1N. The molecule has 102 valence electrons. The molecule has 0 bridgehead atoms. The van der Waals surface area contributed by atoms with Crippen LogP contribution in [0.1, 0.15) is 19.8 Å². The van der Waals surface area contributed by atoms with Gasteiger partial charge >= 0.3 is 0 Å². The van der Waals surface area contributed by atoms with Crippen LogP contribution >= 0.6 is 0 Å². The molecule has 2 heterocycles. The van der Waals surface area contributed by atoms with E-state index in [2.05, 4.69) is 21.4 Å². The Morgan fingerprint density at radius 1 is 1.56 bits per heavy atom. The molecule has 18 heavy (non-hydrogen) atoms. The van der Waals surface area contributed by atoms with Gasteiger partial charge in [0, 0.05) is 45.2 Å². The van der Waals surface area contributed by atoms with E-state index in [9.17, 15) is 0 Å². The third-order valence-corrected chi connectivity index (χ3v) is 3.83. The summed E-state index contributed by atoms with van der Waals surface area (Å²) in [6.45, 7) is 5.80. The fourth-order valence-corrected chi connectivity index (χ4v) is 2.61. The van der Waals surface area contributed by atoms with Crippen LogP contribution in [0.15, 0.2) is 12.4 Å². The molecule has 0 spiro atoms. The summed E-state index contributed by atoms with van der Waals surface area (Å²) >= 11 is 0. The van der Waals surface area contributed by atoms with Gasteiger partial charge in [0.25, 0.3) is 0 Å². The van der Waals surface area contributed by atoms with E-state index < -0.39 is 0 Å². The van der Waals surface area contributed by atoms with Gasteiger partial charge in [-0.1, -0.05) is 13.3 Å². The minimum Gasteiger partial charge on any atom is -0.383 e. The van der Waals surface area contributed by atoms with Crippen LogP contribution in [0.25, 0.3) is 0 Å². The zero-order valence-electron chi connectivity index (χ0n) is 11.4. The van der Waals surface area contributed by atoms with Crippen molar-refractivity contribution in [3.8, 4) is 0 Å². The predicted octanol–water partition coefficient (Wildman–Crippen LogP) is 1.09. The van der Waals surface area contributed by atoms with Crippen LogP contribution in [0.3, 0.4) is 0 Å². The summed E-state index contributed by atoms with van der Waals surface area (Å²) in [5, 5.41) is 0. The first-order valence-corrected chi connectivity index (χ1v) is 6.76. The molecule has 0 aliphatic carbocycles. The van der Waals surface area contributed by atoms with Crippen LogP contribution in [0, 0.1) is 5.92 Å². The molecule has 5 nitrogen and oxygen atoms in total. The molecule has 1 aliphatic rings. The van der Waals surface area contributed by atoms with Gasteiger partial charge in [0.1, 0.15) is 0 Å². The van der Waals surface area contributed by atoms with Crippen LogP contribution in [0.2, 0.25) is 0 Å². The summed E-state index contributed by atoms with van der Waals surface area (Å²) in [7, 11) is 1.73. The van der Waals surface area contributed by atoms with Crippen molar-refractivity contribution < 1.29 is 4.74 Å². The van der Waals surface area contributed by atoms with Gasteiger partial charge in [-0.05, 0) is 12.3 Å².